The van der Waals surface area contributed by atoms with Crippen molar-refractivity contribution in [2.75, 3.05) is 12.0 Å². The highest BCUT2D eigenvalue weighted by atomic mass is 32.1. The Morgan fingerprint density at radius 2 is 2.00 bits per heavy atom. The van der Waals surface area contributed by atoms with E-state index in [1.807, 2.05) is 6.92 Å². The molecular formula is C26H21FN2O6S. The molecule has 1 aromatic heterocycles. The van der Waals surface area contributed by atoms with Crippen LogP contribution in [0.2, 0.25) is 0 Å². The number of aliphatic hydroxyl groups excluding tert-OH is 1. The van der Waals surface area contributed by atoms with Crippen molar-refractivity contribution in [2.45, 2.75) is 32.4 Å². The minimum absolute atomic E-state index is 0.00355. The number of thiazole rings is 1. The molecule has 1 saturated heterocycles. The Morgan fingerprint density at radius 3 is 2.72 bits per heavy atom. The Kier molecular flexibility index (Phi) is 5.83. The second kappa shape index (κ2) is 8.87. The highest BCUT2D eigenvalue weighted by Crippen LogP contribution is 2.45. The van der Waals surface area contributed by atoms with Crippen molar-refractivity contribution >= 4 is 39.9 Å². The lowest BCUT2D eigenvalue weighted by molar-refractivity contribution is -0.132. The zero-order valence-corrected chi connectivity index (χ0v) is 20.4. The molecule has 0 saturated carbocycles. The molecular weight excluding hydrogens is 487 g/mol. The first-order valence-corrected chi connectivity index (χ1v) is 11.9. The van der Waals surface area contributed by atoms with Crippen LogP contribution >= 0.6 is 11.3 Å². The number of esters is 1. The molecule has 3 heterocycles. The molecule has 3 aromatic rings. The number of aliphatic hydroxyl groups is 1. The van der Waals surface area contributed by atoms with Crippen molar-refractivity contribution in [3.63, 3.8) is 0 Å². The Bertz CT molecular complexity index is 1460. The molecule has 8 nitrogen and oxygen atoms in total. The number of anilines is 1. The molecule has 1 amide bonds. The third-order valence-corrected chi connectivity index (χ3v) is 7.31. The van der Waals surface area contributed by atoms with E-state index in [1.54, 1.807) is 31.2 Å². The average molecular weight is 509 g/mol. The van der Waals surface area contributed by atoms with Gasteiger partial charge in [0.15, 0.2) is 5.13 Å². The fourth-order valence-electron chi connectivity index (χ4n) is 4.51. The Labute approximate surface area is 209 Å². The molecule has 2 atom stereocenters. The molecule has 10 heteroatoms. The minimum atomic E-state index is -1.30. The first kappa shape index (κ1) is 23.7. The van der Waals surface area contributed by atoms with Crippen molar-refractivity contribution in [3.05, 3.63) is 81.1 Å². The largest absolute Gasteiger partial charge is 0.507 e. The molecule has 36 heavy (non-hydrogen) atoms. The Morgan fingerprint density at radius 1 is 1.25 bits per heavy atom. The van der Waals surface area contributed by atoms with Gasteiger partial charge in [-0.2, -0.15) is 0 Å². The summed E-state index contributed by atoms with van der Waals surface area (Å²) in [6.07, 6.45) is 0.592. The fourth-order valence-corrected chi connectivity index (χ4v) is 5.52. The highest BCUT2D eigenvalue weighted by molar-refractivity contribution is 7.17. The predicted molar refractivity (Wildman–Crippen MR) is 130 cm³/mol. The molecule has 2 aromatic carbocycles. The summed E-state index contributed by atoms with van der Waals surface area (Å²) in [6.45, 7) is 3.48. The Hall–Kier alpha value is -4.05. The maximum atomic E-state index is 15.1. The van der Waals surface area contributed by atoms with Gasteiger partial charge in [-0.15, -0.1) is 0 Å². The molecule has 184 valence electrons. The summed E-state index contributed by atoms with van der Waals surface area (Å²) in [4.78, 5) is 44.2. The molecule has 2 aliphatic rings. The molecule has 5 rings (SSSR count). The number of hydrogen-bond acceptors (Lipinski definition) is 8. The second-order valence-electron chi connectivity index (χ2n) is 8.55. The molecule has 0 unspecified atom stereocenters. The van der Waals surface area contributed by atoms with Gasteiger partial charge in [0.25, 0.3) is 5.78 Å². The summed E-state index contributed by atoms with van der Waals surface area (Å²) in [5.41, 5.74) is 1.18. The zero-order chi connectivity index (χ0) is 25.7. The maximum Gasteiger partial charge on any atom is 0.350 e. The predicted octanol–water partition coefficient (Wildman–Crippen LogP) is 4.33. The Balaban J connectivity index is 1.70. The highest BCUT2D eigenvalue weighted by Gasteiger charge is 2.49. The lowest BCUT2D eigenvalue weighted by Gasteiger charge is -2.23. The van der Waals surface area contributed by atoms with Crippen LogP contribution in [-0.2, 0) is 20.7 Å². The fraction of sp³-hybridized carbons (Fsp3) is 0.231. The summed E-state index contributed by atoms with van der Waals surface area (Å²) < 4.78 is 25.5. The van der Waals surface area contributed by atoms with E-state index in [0.717, 1.165) is 21.8 Å². The summed E-state index contributed by atoms with van der Waals surface area (Å²) in [5.74, 6) is -3.05. The number of methoxy groups -OCH3 is 1. The number of fused-ring (bicyclic) bond motifs is 1. The van der Waals surface area contributed by atoms with Crippen LogP contribution in [0.4, 0.5) is 9.52 Å². The van der Waals surface area contributed by atoms with Gasteiger partial charge in [0.1, 0.15) is 34.3 Å². The number of benzene rings is 2. The summed E-state index contributed by atoms with van der Waals surface area (Å²) >= 11 is 0.850. The SMILES string of the molecule is COC(=O)c1sc(N2C(=O)C(=O)C(=C(O)c3ccc4c(c3)C[C@H](C)O4)[C@H]2c2ccccc2F)nc1C. The molecule has 1 N–H and O–H groups in total. The van der Waals surface area contributed by atoms with Crippen LogP contribution in [-0.4, -0.2) is 41.0 Å². The number of aryl methyl sites for hydroxylation is 1. The number of aromatic nitrogens is 1. The molecule has 1 fully saturated rings. The summed E-state index contributed by atoms with van der Waals surface area (Å²) in [6, 6.07) is 9.36. The molecule has 0 bridgehead atoms. The minimum Gasteiger partial charge on any atom is -0.507 e. The van der Waals surface area contributed by atoms with E-state index in [2.05, 4.69) is 4.98 Å². The van der Waals surface area contributed by atoms with Gasteiger partial charge in [0.05, 0.1) is 18.4 Å². The van der Waals surface area contributed by atoms with Crippen LogP contribution in [0.3, 0.4) is 0 Å². The van der Waals surface area contributed by atoms with E-state index in [-0.39, 0.29) is 27.2 Å². The number of nitrogens with zero attached hydrogens (tertiary/aromatic N) is 2. The molecule has 0 spiro atoms. The van der Waals surface area contributed by atoms with Crippen molar-refractivity contribution in [1.82, 2.24) is 4.98 Å². The van der Waals surface area contributed by atoms with Gasteiger partial charge in [-0.3, -0.25) is 14.5 Å². The van der Waals surface area contributed by atoms with Crippen molar-refractivity contribution in [3.8, 4) is 5.75 Å². The second-order valence-corrected chi connectivity index (χ2v) is 9.53. The number of carbonyl (C=O) groups is 3. The number of Topliss-reactive ketones (excluding diaryl/α,β-unsaturated/α-hetero) is 1. The van der Waals surface area contributed by atoms with Gasteiger partial charge in [0, 0.05) is 17.5 Å². The summed E-state index contributed by atoms with van der Waals surface area (Å²) in [5, 5.41) is 11.3. The molecule has 0 aliphatic carbocycles. The smallest absolute Gasteiger partial charge is 0.350 e. The first-order chi connectivity index (χ1) is 17.2. The van der Waals surface area contributed by atoms with Crippen LogP contribution in [0.15, 0.2) is 48.0 Å². The van der Waals surface area contributed by atoms with Gasteiger partial charge in [-0.05, 0) is 43.7 Å². The van der Waals surface area contributed by atoms with Crippen LogP contribution in [0.5, 0.6) is 5.75 Å². The van der Waals surface area contributed by atoms with Gasteiger partial charge < -0.3 is 14.6 Å². The number of ether oxygens (including phenoxy) is 2. The van der Waals surface area contributed by atoms with E-state index in [0.29, 0.717) is 23.4 Å². The number of halogens is 1. The number of hydrogen-bond donors (Lipinski definition) is 1. The number of amides is 1. The van der Waals surface area contributed by atoms with Gasteiger partial charge >= 0.3 is 11.9 Å². The van der Waals surface area contributed by atoms with Crippen molar-refractivity contribution in [2.24, 2.45) is 0 Å². The third kappa shape index (κ3) is 3.74. The van der Waals surface area contributed by atoms with Gasteiger partial charge in [-0.1, -0.05) is 29.5 Å². The maximum absolute atomic E-state index is 15.1. The standard InChI is InChI=1S/C26H21FN2O6S/c1-12-10-15-11-14(8-9-18(15)35-12)21(30)19-20(16-6-4-5-7-17(16)27)29(24(32)22(19)31)26-28-13(2)23(36-26)25(33)34-3/h4-9,11-12,20,30H,10H2,1-3H3/t12-,20+/m0/s1. The van der Waals surface area contributed by atoms with E-state index in [9.17, 15) is 19.5 Å². The number of rotatable bonds is 4. The van der Waals surface area contributed by atoms with Crippen LogP contribution in [0.25, 0.3) is 5.76 Å². The van der Waals surface area contributed by atoms with Crippen molar-refractivity contribution < 1.29 is 33.4 Å². The topological polar surface area (TPSA) is 106 Å². The van der Waals surface area contributed by atoms with Crippen LogP contribution in [0.1, 0.15) is 45.0 Å². The van der Waals surface area contributed by atoms with Crippen LogP contribution < -0.4 is 9.64 Å². The zero-order valence-electron chi connectivity index (χ0n) is 19.6. The monoisotopic (exact) mass is 508 g/mol. The van der Waals surface area contributed by atoms with E-state index < -0.39 is 35.3 Å². The number of carbonyl (C=O) groups excluding carboxylic acids is 3. The van der Waals surface area contributed by atoms with Gasteiger partial charge in [0.2, 0.25) is 0 Å². The average Bonchev–Trinajstić information content (AvgIpc) is 3.50. The van der Waals surface area contributed by atoms with E-state index in [4.69, 9.17) is 9.47 Å². The lowest BCUT2D eigenvalue weighted by atomic mass is 9.94. The number of ketones is 1. The first-order valence-electron chi connectivity index (χ1n) is 11.1. The van der Waals surface area contributed by atoms with E-state index in [1.165, 1.54) is 25.3 Å². The molecule has 2 aliphatic heterocycles. The van der Waals surface area contributed by atoms with Gasteiger partial charge in [-0.25, -0.2) is 14.2 Å². The normalized spacial score (nSPS) is 20.4. The van der Waals surface area contributed by atoms with E-state index >= 15 is 4.39 Å². The van der Waals surface area contributed by atoms with Crippen molar-refractivity contribution in [1.29, 1.82) is 0 Å². The quantitative estimate of drug-likeness (QED) is 0.242. The van der Waals surface area contributed by atoms with Crippen LogP contribution in [0, 0.1) is 12.7 Å². The lowest BCUT2D eigenvalue weighted by Crippen LogP contribution is -2.29. The third-order valence-electron chi connectivity index (χ3n) is 6.18. The molecule has 0 radical (unpaired) electrons. The summed E-state index contributed by atoms with van der Waals surface area (Å²) in [7, 11) is 1.22.